The molecule has 1 fully saturated rings. The number of amides is 1. The number of aromatic nitrogens is 3. The van der Waals surface area contributed by atoms with Crippen LogP contribution in [0, 0.1) is 6.92 Å². The van der Waals surface area contributed by atoms with Crippen LogP contribution in [0.3, 0.4) is 0 Å². The third-order valence-electron chi connectivity index (χ3n) is 5.63. The van der Waals surface area contributed by atoms with Crippen LogP contribution in [-0.4, -0.2) is 70.4 Å². The lowest BCUT2D eigenvalue weighted by molar-refractivity contribution is 0.0878. The molecule has 1 N–H and O–H groups in total. The monoisotopic (exact) mass is 408 g/mol. The number of hydrogen-bond donors (Lipinski definition) is 1. The Morgan fingerprint density at radius 2 is 1.90 bits per heavy atom. The number of aryl methyl sites for hydroxylation is 2. The molecule has 8 nitrogen and oxygen atoms in total. The summed E-state index contributed by atoms with van der Waals surface area (Å²) in [5, 5.41) is 11.1. The van der Waals surface area contributed by atoms with E-state index < -0.39 is 0 Å². The van der Waals surface area contributed by atoms with Gasteiger partial charge in [0.25, 0.3) is 5.91 Å². The number of nitrogens with zero attached hydrogens (tertiary/aromatic N) is 5. The molecule has 158 valence electrons. The van der Waals surface area contributed by atoms with Gasteiger partial charge in [0, 0.05) is 52.0 Å². The van der Waals surface area contributed by atoms with E-state index in [9.17, 15) is 4.79 Å². The van der Waals surface area contributed by atoms with E-state index >= 15 is 0 Å². The van der Waals surface area contributed by atoms with Crippen molar-refractivity contribution < 1.29 is 9.32 Å². The zero-order chi connectivity index (χ0) is 21.1. The molecule has 3 heterocycles. The van der Waals surface area contributed by atoms with Gasteiger partial charge in [-0.15, -0.1) is 0 Å². The molecule has 3 aromatic rings. The van der Waals surface area contributed by atoms with Crippen LogP contribution >= 0.6 is 0 Å². The third-order valence-corrected chi connectivity index (χ3v) is 5.63. The maximum Gasteiger partial charge on any atom is 0.273 e. The van der Waals surface area contributed by atoms with Gasteiger partial charge < -0.3 is 14.7 Å². The van der Waals surface area contributed by atoms with Crippen molar-refractivity contribution in [3.63, 3.8) is 0 Å². The lowest BCUT2D eigenvalue weighted by atomic mass is 10.0. The number of likely N-dealkylation sites (N-methyl/N-ethyl adjacent to an activating group) is 1. The fourth-order valence-electron chi connectivity index (χ4n) is 3.73. The van der Waals surface area contributed by atoms with Crippen LogP contribution < -0.4 is 5.32 Å². The summed E-state index contributed by atoms with van der Waals surface area (Å²) in [6.07, 6.45) is 3.51. The van der Waals surface area contributed by atoms with Crippen LogP contribution in [0.4, 0.5) is 0 Å². The quantitative estimate of drug-likeness (QED) is 0.673. The Hall–Kier alpha value is -2.97. The molecule has 30 heavy (non-hydrogen) atoms. The van der Waals surface area contributed by atoms with Crippen LogP contribution in [0.15, 0.2) is 47.2 Å². The summed E-state index contributed by atoms with van der Waals surface area (Å²) in [6.45, 7) is 6.59. The van der Waals surface area contributed by atoms with Crippen LogP contribution in [0.5, 0.6) is 0 Å². The zero-order valence-corrected chi connectivity index (χ0v) is 17.7. The Morgan fingerprint density at radius 3 is 2.57 bits per heavy atom. The van der Waals surface area contributed by atoms with E-state index in [1.165, 1.54) is 11.1 Å². The fourth-order valence-corrected chi connectivity index (χ4v) is 3.73. The molecule has 0 unspecified atom stereocenters. The predicted molar refractivity (Wildman–Crippen MR) is 114 cm³/mol. The first-order valence-electron chi connectivity index (χ1n) is 10.2. The van der Waals surface area contributed by atoms with Gasteiger partial charge >= 0.3 is 0 Å². The van der Waals surface area contributed by atoms with E-state index in [4.69, 9.17) is 4.52 Å². The molecule has 1 aliphatic rings. The molecule has 0 bridgehead atoms. The van der Waals surface area contributed by atoms with Crippen LogP contribution in [0.25, 0.3) is 11.3 Å². The average molecular weight is 409 g/mol. The van der Waals surface area contributed by atoms with Gasteiger partial charge in [-0.05, 0) is 19.5 Å². The molecule has 1 atom stereocenters. The van der Waals surface area contributed by atoms with Crippen molar-refractivity contribution in [3.8, 4) is 11.3 Å². The van der Waals surface area contributed by atoms with E-state index in [1.54, 1.807) is 16.9 Å². The van der Waals surface area contributed by atoms with E-state index in [-0.39, 0.29) is 17.6 Å². The molecule has 0 aliphatic carbocycles. The molecule has 8 heteroatoms. The molecule has 1 saturated heterocycles. The zero-order valence-electron chi connectivity index (χ0n) is 17.7. The Kier molecular flexibility index (Phi) is 5.96. The van der Waals surface area contributed by atoms with Gasteiger partial charge in [0.05, 0.1) is 17.8 Å². The summed E-state index contributed by atoms with van der Waals surface area (Å²) in [6, 6.07) is 10.3. The molecule has 1 aromatic carbocycles. The first kappa shape index (κ1) is 20.3. The highest BCUT2D eigenvalue weighted by atomic mass is 16.5. The Bertz CT molecular complexity index is 985. The highest BCUT2D eigenvalue weighted by molar-refractivity contribution is 5.93. The van der Waals surface area contributed by atoms with E-state index in [2.05, 4.69) is 63.6 Å². The molecule has 0 radical (unpaired) electrons. The average Bonchev–Trinajstić information content (AvgIpc) is 3.39. The van der Waals surface area contributed by atoms with Crippen molar-refractivity contribution >= 4 is 5.91 Å². The van der Waals surface area contributed by atoms with Gasteiger partial charge in [0.1, 0.15) is 0 Å². The smallest absolute Gasteiger partial charge is 0.273 e. The number of piperazine rings is 1. The van der Waals surface area contributed by atoms with E-state index in [1.807, 2.05) is 13.2 Å². The third kappa shape index (κ3) is 4.60. The fraction of sp³-hybridized carbons (Fsp3) is 0.409. The number of benzene rings is 1. The SMILES string of the molecule is Cc1ccc([C@@H](CNC(=O)c2cc(-c3cnn(C)c3)on2)N2CCN(C)CC2)cc1. The minimum atomic E-state index is -0.236. The highest BCUT2D eigenvalue weighted by Gasteiger charge is 2.25. The van der Waals surface area contributed by atoms with Crippen molar-refractivity contribution in [1.82, 2.24) is 30.1 Å². The van der Waals surface area contributed by atoms with E-state index in [0.717, 1.165) is 31.7 Å². The van der Waals surface area contributed by atoms with Crippen molar-refractivity contribution in [2.24, 2.45) is 7.05 Å². The first-order chi connectivity index (χ1) is 14.5. The second kappa shape index (κ2) is 8.81. The van der Waals surface area contributed by atoms with Gasteiger partial charge in [0.2, 0.25) is 0 Å². The Balaban J connectivity index is 1.46. The lowest BCUT2D eigenvalue weighted by Gasteiger charge is -2.38. The second-order valence-corrected chi connectivity index (χ2v) is 7.95. The molecule has 1 aliphatic heterocycles. The summed E-state index contributed by atoms with van der Waals surface area (Å²) in [5.41, 5.74) is 3.50. The molecule has 0 saturated carbocycles. The molecular formula is C22H28N6O2. The standard InChI is InChI=1S/C22H28N6O2/c1-16-4-6-17(7-5-16)20(28-10-8-26(2)9-11-28)14-23-22(29)19-12-21(30-25-19)18-13-24-27(3)15-18/h4-7,12-13,15,20H,8-11,14H2,1-3H3,(H,23,29)/t20-/m1/s1. The molecular weight excluding hydrogens is 380 g/mol. The molecule has 4 rings (SSSR count). The molecule has 0 spiro atoms. The topological polar surface area (TPSA) is 79.4 Å². The maximum absolute atomic E-state index is 12.7. The van der Waals surface area contributed by atoms with Gasteiger partial charge in [-0.25, -0.2) is 0 Å². The van der Waals surface area contributed by atoms with Gasteiger partial charge in [-0.3, -0.25) is 14.4 Å². The number of hydrogen-bond acceptors (Lipinski definition) is 6. The number of carbonyl (C=O) groups is 1. The van der Waals surface area contributed by atoms with Crippen molar-refractivity contribution in [1.29, 1.82) is 0 Å². The van der Waals surface area contributed by atoms with Crippen molar-refractivity contribution in [2.45, 2.75) is 13.0 Å². The summed E-state index contributed by atoms with van der Waals surface area (Å²) in [7, 11) is 3.97. The first-order valence-corrected chi connectivity index (χ1v) is 10.2. The maximum atomic E-state index is 12.7. The Morgan fingerprint density at radius 1 is 1.17 bits per heavy atom. The van der Waals surface area contributed by atoms with Crippen LogP contribution in [0.1, 0.15) is 27.7 Å². The highest BCUT2D eigenvalue weighted by Crippen LogP contribution is 2.23. The summed E-state index contributed by atoms with van der Waals surface area (Å²) in [4.78, 5) is 17.5. The normalized spacial score (nSPS) is 16.5. The van der Waals surface area contributed by atoms with Crippen molar-refractivity contribution in [2.75, 3.05) is 39.8 Å². The molecule has 2 aromatic heterocycles. The van der Waals surface area contributed by atoms with Crippen molar-refractivity contribution in [3.05, 3.63) is 59.5 Å². The number of rotatable bonds is 6. The van der Waals surface area contributed by atoms with Gasteiger partial charge in [0.15, 0.2) is 11.5 Å². The van der Waals surface area contributed by atoms with E-state index in [0.29, 0.717) is 12.3 Å². The minimum Gasteiger partial charge on any atom is -0.355 e. The number of carbonyl (C=O) groups excluding carboxylic acids is 1. The lowest BCUT2D eigenvalue weighted by Crippen LogP contribution is -2.48. The summed E-state index contributed by atoms with van der Waals surface area (Å²) < 4.78 is 7.02. The molecule has 1 amide bonds. The van der Waals surface area contributed by atoms with Gasteiger partial charge in [-0.1, -0.05) is 35.0 Å². The van der Waals surface area contributed by atoms with Crippen LogP contribution in [0.2, 0.25) is 0 Å². The summed E-state index contributed by atoms with van der Waals surface area (Å²) in [5.74, 6) is 0.294. The minimum absolute atomic E-state index is 0.118. The predicted octanol–water partition coefficient (Wildman–Crippen LogP) is 2.10. The van der Waals surface area contributed by atoms with Gasteiger partial charge in [-0.2, -0.15) is 5.10 Å². The Labute approximate surface area is 176 Å². The largest absolute Gasteiger partial charge is 0.355 e. The van der Waals surface area contributed by atoms with Crippen LogP contribution in [-0.2, 0) is 7.05 Å². The number of nitrogens with one attached hydrogen (secondary N) is 1. The summed E-state index contributed by atoms with van der Waals surface area (Å²) >= 11 is 0. The second-order valence-electron chi connectivity index (χ2n) is 7.95.